The van der Waals surface area contributed by atoms with Gasteiger partial charge in [-0.15, -0.1) is 0 Å². The zero-order valence-electron chi connectivity index (χ0n) is 12.9. The molecule has 1 aromatic carbocycles. The molecule has 1 unspecified atom stereocenters. The molecule has 5 nitrogen and oxygen atoms in total. The van der Waals surface area contributed by atoms with Crippen molar-refractivity contribution in [2.24, 2.45) is 5.92 Å². The van der Waals surface area contributed by atoms with Gasteiger partial charge in [-0.25, -0.2) is 14.4 Å². The summed E-state index contributed by atoms with van der Waals surface area (Å²) in [5, 5.41) is 9.80. The van der Waals surface area contributed by atoms with Gasteiger partial charge in [-0.05, 0) is 31.1 Å². The summed E-state index contributed by atoms with van der Waals surface area (Å²) in [6.45, 7) is 2.78. The number of piperidine rings is 1. The fourth-order valence-electron chi connectivity index (χ4n) is 3.03. The van der Waals surface area contributed by atoms with Crippen LogP contribution in [0.4, 0.5) is 10.2 Å². The van der Waals surface area contributed by atoms with Crippen LogP contribution in [0.25, 0.3) is 10.9 Å². The molecule has 1 N–H and O–H groups in total. The summed E-state index contributed by atoms with van der Waals surface area (Å²) in [5.41, 5.74) is 0.571. The van der Waals surface area contributed by atoms with Crippen LogP contribution in [0, 0.1) is 23.1 Å². The van der Waals surface area contributed by atoms with Gasteiger partial charge in [0.25, 0.3) is 0 Å². The van der Waals surface area contributed by atoms with Crippen molar-refractivity contribution in [1.29, 1.82) is 5.26 Å². The molecule has 7 heteroatoms. The molecule has 1 fully saturated rings. The lowest BCUT2D eigenvalue weighted by molar-refractivity contribution is 0.415. The van der Waals surface area contributed by atoms with Gasteiger partial charge in [-0.2, -0.15) is 5.26 Å². The molecule has 120 valence electrons. The number of nitriles is 1. The van der Waals surface area contributed by atoms with Gasteiger partial charge >= 0.3 is 0 Å². The van der Waals surface area contributed by atoms with E-state index in [0.717, 1.165) is 37.3 Å². The van der Waals surface area contributed by atoms with E-state index in [-0.39, 0.29) is 5.56 Å². The topological polar surface area (TPSA) is 64.8 Å². The van der Waals surface area contributed by atoms with Crippen molar-refractivity contribution in [2.45, 2.75) is 12.8 Å². The summed E-state index contributed by atoms with van der Waals surface area (Å²) in [6, 6.07) is 4.77. The van der Waals surface area contributed by atoms with Crippen LogP contribution in [-0.4, -0.2) is 35.9 Å². The molecular weight excluding hydrogens is 313 g/mol. The maximum atomic E-state index is 13.8. The highest BCUT2D eigenvalue weighted by Crippen LogP contribution is 2.29. The van der Waals surface area contributed by atoms with Crippen LogP contribution in [0.15, 0.2) is 18.5 Å². The standard InChI is InChI=1S/C16H18FN5S/c1-23-21-8-11-3-2-4-22(9-11)16-13-5-12(7-18)14(17)6-15(13)19-10-20-16/h5-6,10-11,21H,2-4,8-9H2,1H3. The second kappa shape index (κ2) is 7.11. The third kappa shape index (κ3) is 3.38. The number of hydrogen-bond donors (Lipinski definition) is 1. The Morgan fingerprint density at radius 2 is 2.35 bits per heavy atom. The predicted molar refractivity (Wildman–Crippen MR) is 90.7 cm³/mol. The van der Waals surface area contributed by atoms with Crippen molar-refractivity contribution in [3.8, 4) is 6.07 Å². The minimum Gasteiger partial charge on any atom is -0.356 e. The molecule has 0 saturated carbocycles. The highest BCUT2D eigenvalue weighted by Gasteiger charge is 2.22. The van der Waals surface area contributed by atoms with Gasteiger partial charge in [0, 0.05) is 31.1 Å². The van der Waals surface area contributed by atoms with E-state index in [1.807, 2.05) is 12.3 Å². The lowest BCUT2D eigenvalue weighted by Gasteiger charge is -2.34. The van der Waals surface area contributed by atoms with Crippen LogP contribution in [-0.2, 0) is 0 Å². The van der Waals surface area contributed by atoms with E-state index in [1.54, 1.807) is 18.0 Å². The lowest BCUT2D eigenvalue weighted by Crippen LogP contribution is -2.39. The molecule has 1 aliphatic heterocycles. The quantitative estimate of drug-likeness (QED) is 0.869. The molecule has 1 aromatic heterocycles. The first-order valence-corrected chi connectivity index (χ1v) is 8.80. The molecular formula is C16H18FN5S. The van der Waals surface area contributed by atoms with Crippen molar-refractivity contribution in [3.63, 3.8) is 0 Å². The molecule has 0 amide bonds. The Labute approximate surface area is 139 Å². The van der Waals surface area contributed by atoms with Gasteiger partial charge in [0.05, 0.1) is 11.1 Å². The molecule has 2 aromatic rings. The number of nitrogens with zero attached hydrogens (tertiary/aromatic N) is 4. The minimum absolute atomic E-state index is 0.0335. The van der Waals surface area contributed by atoms with Gasteiger partial charge in [0.15, 0.2) is 0 Å². The number of fused-ring (bicyclic) bond motifs is 1. The lowest BCUT2D eigenvalue weighted by atomic mass is 9.98. The van der Waals surface area contributed by atoms with Crippen molar-refractivity contribution in [2.75, 3.05) is 30.8 Å². The third-order valence-electron chi connectivity index (χ3n) is 4.16. The van der Waals surface area contributed by atoms with E-state index >= 15 is 0 Å². The summed E-state index contributed by atoms with van der Waals surface area (Å²) in [5.74, 6) is 0.808. The van der Waals surface area contributed by atoms with Crippen molar-refractivity contribution >= 4 is 28.7 Å². The summed E-state index contributed by atoms with van der Waals surface area (Å²) >= 11 is 1.63. The molecule has 2 heterocycles. The summed E-state index contributed by atoms with van der Waals surface area (Å²) in [7, 11) is 0. The molecule has 0 bridgehead atoms. The van der Waals surface area contributed by atoms with Gasteiger partial charge in [0.1, 0.15) is 24.0 Å². The fourth-order valence-corrected chi connectivity index (χ4v) is 3.43. The SMILES string of the molecule is CSNCC1CCCN(c2ncnc3cc(F)c(C#N)cc23)C1. The zero-order chi connectivity index (χ0) is 16.2. The number of nitrogens with one attached hydrogen (secondary N) is 1. The van der Waals surface area contributed by atoms with E-state index in [2.05, 4.69) is 19.6 Å². The Hall–Kier alpha value is -1.91. The highest BCUT2D eigenvalue weighted by molar-refractivity contribution is 7.96. The molecule has 3 rings (SSSR count). The number of halogens is 1. The number of anilines is 1. The van der Waals surface area contributed by atoms with Gasteiger partial charge in [0.2, 0.25) is 0 Å². The molecule has 1 saturated heterocycles. The zero-order valence-corrected chi connectivity index (χ0v) is 13.7. The van der Waals surface area contributed by atoms with Crippen molar-refractivity contribution < 1.29 is 4.39 Å². The molecule has 1 atom stereocenters. The minimum atomic E-state index is -0.537. The van der Waals surface area contributed by atoms with E-state index in [0.29, 0.717) is 11.4 Å². The number of benzene rings is 1. The van der Waals surface area contributed by atoms with Gasteiger partial charge in [-0.3, -0.25) is 4.72 Å². The summed E-state index contributed by atoms with van der Waals surface area (Å²) in [4.78, 5) is 10.8. The second-order valence-corrected chi connectivity index (χ2v) is 6.36. The van der Waals surface area contributed by atoms with E-state index < -0.39 is 5.82 Å². The monoisotopic (exact) mass is 331 g/mol. The highest BCUT2D eigenvalue weighted by atomic mass is 32.2. The van der Waals surface area contributed by atoms with Gasteiger partial charge in [-0.1, -0.05) is 11.9 Å². The normalized spacial score (nSPS) is 18.1. The largest absolute Gasteiger partial charge is 0.356 e. The summed E-state index contributed by atoms with van der Waals surface area (Å²) in [6.07, 6.45) is 5.77. The van der Waals surface area contributed by atoms with Crippen LogP contribution in [0.5, 0.6) is 0 Å². The number of hydrogen-bond acceptors (Lipinski definition) is 6. The van der Waals surface area contributed by atoms with Crippen LogP contribution < -0.4 is 9.62 Å². The maximum absolute atomic E-state index is 13.8. The summed E-state index contributed by atoms with van der Waals surface area (Å²) < 4.78 is 17.1. The van der Waals surface area contributed by atoms with Crippen LogP contribution in [0.2, 0.25) is 0 Å². The Balaban J connectivity index is 1.94. The fraction of sp³-hybridized carbons (Fsp3) is 0.438. The molecule has 0 aliphatic carbocycles. The van der Waals surface area contributed by atoms with E-state index in [9.17, 15) is 4.39 Å². The third-order valence-corrected chi connectivity index (χ3v) is 4.61. The smallest absolute Gasteiger partial charge is 0.143 e. The Morgan fingerprint density at radius 1 is 1.48 bits per heavy atom. The van der Waals surface area contributed by atoms with E-state index in [1.165, 1.54) is 18.8 Å². The van der Waals surface area contributed by atoms with Crippen LogP contribution in [0.1, 0.15) is 18.4 Å². The Morgan fingerprint density at radius 3 is 3.13 bits per heavy atom. The average Bonchev–Trinajstić information content (AvgIpc) is 2.59. The Kier molecular flexibility index (Phi) is 4.94. The van der Waals surface area contributed by atoms with Crippen molar-refractivity contribution in [3.05, 3.63) is 29.8 Å². The van der Waals surface area contributed by atoms with Crippen molar-refractivity contribution in [1.82, 2.24) is 14.7 Å². The number of rotatable bonds is 4. The molecule has 1 aliphatic rings. The predicted octanol–water partition coefficient (Wildman–Crippen LogP) is 2.72. The number of aromatic nitrogens is 2. The maximum Gasteiger partial charge on any atom is 0.143 e. The molecule has 23 heavy (non-hydrogen) atoms. The molecule has 0 radical (unpaired) electrons. The molecule has 0 spiro atoms. The Bertz CT molecular complexity index is 745. The second-order valence-electron chi connectivity index (χ2n) is 5.67. The average molecular weight is 331 g/mol. The van der Waals surface area contributed by atoms with Crippen LogP contribution >= 0.6 is 11.9 Å². The first-order chi connectivity index (χ1) is 11.2. The first kappa shape index (κ1) is 16.0. The first-order valence-electron chi connectivity index (χ1n) is 7.58. The van der Waals surface area contributed by atoms with Crippen LogP contribution in [0.3, 0.4) is 0 Å². The van der Waals surface area contributed by atoms with E-state index in [4.69, 9.17) is 5.26 Å². The van der Waals surface area contributed by atoms with Gasteiger partial charge < -0.3 is 4.90 Å².